The topological polar surface area (TPSA) is 0 Å². The number of hydrogen-bond acceptors (Lipinski definition) is 2. The van der Waals surface area contributed by atoms with Gasteiger partial charge in [-0.25, -0.2) is 0 Å². The minimum absolute atomic E-state index is 0.396. The Morgan fingerprint density at radius 3 is 1.92 bits per heavy atom. The Kier molecular flexibility index (Phi) is 5.75. The molecule has 0 aliphatic carbocycles. The summed E-state index contributed by atoms with van der Waals surface area (Å²) in [5, 5.41) is 0.814. The van der Waals surface area contributed by atoms with Gasteiger partial charge in [0.05, 0.1) is 0 Å². The molecule has 2 heteroatoms. The molecule has 0 aliphatic heterocycles. The van der Waals surface area contributed by atoms with Crippen LogP contribution >= 0.6 is 21.6 Å². The van der Waals surface area contributed by atoms with Crippen LogP contribution in [0.1, 0.15) is 48.0 Å². The fourth-order valence-corrected chi connectivity index (χ4v) is 3.94. The highest BCUT2D eigenvalue weighted by molar-refractivity contribution is 8.77. The predicted octanol–water partition coefficient (Wildman–Crippen LogP) is 4.60. The van der Waals surface area contributed by atoms with Gasteiger partial charge in [0.15, 0.2) is 0 Å². The van der Waals surface area contributed by atoms with E-state index in [4.69, 9.17) is 0 Å². The summed E-state index contributed by atoms with van der Waals surface area (Å²) in [5.74, 6) is 0.801. The van der Waals surface area contributed by atoms with Crippen LogP contribution in [0.15, 0.2) is 0 Å². The van der Waals surface area contributed by atoms with E-state index in [0.717, 1.165) is 11.2 Å². The lowest BCUT2D eigenvalue weighted by Gasteiger charge is -2.23. The molecule has 1 unspecified atom stereocenters. The highest BCUT2D eigenvalue weighted by atomic mass is 33.1. The normalized spacial score (nSPS) is 15.2. The third kappa shape index (κ3) is 6.24. The van der Waals surface area contributed by atoms with Crippen LogP contribution in [0.2, 0.25) is 0 Å². The van der Waals surface area contributed by atoms with Crippen LogP contribution in [0, 0.1) is 5.92 Å². The largest absolute Gasteiger partial charge is 0.0899 e. The maximum absolute atomic E-state index is 2.31. The molecule has 0 aromatic heterocycles. The first kappa shape index (κ1) is 12.7. The summed E-state index contributed by atoms with van der Waals surface area (Å²) in [4.78, 5) is 0. The molecular formula is C10H22S2. The smallest absolute Gasteiger partial charge is 0.0179 e. The molecule has 0 nitrogen and oxygen atoms in total. The third-order valence-electron chi connectivity index (χ3n) is 1.57. The highest BCUT2D eigenvalue weighted by Gasteiger charge is 2.17. The van der Waals surface area contributed by atoms with Gasteiger partial charge < -0.3 is 0 Å². The molecule has 0 aromatic carbocycles. The molecule has 0 bridgehead atoms. The molecule has 0 aromatic rings. The summed E-state index contributed by atoms with van der Waals surface area (Å²) in [5.41, 5.74) is 0. The molecule has 74 valence electrons. The van der Waals surface area contributed by atoms with Crippen LogP contribution in [0.3, 0.4) is 0 Å². The van der Waals surface area contributed by atoms with Crippen molar-refractivity contribution in [2.75, 3.05) is 0 Å². The summed E-state index contributed by atoms with van der Waals surface area (Å²) in [6.07, 6.45) is 1.28. The van der Waals surface area contributed by atoms with Crippen molar-refractivity contribution in [1.82, 2.24) is 0 Å². The second-order valence-electron chi connectivity index (χ2n) is 4.48. The lowest BCUT2D eigenvalue weighted by molar-refractivity contribution is 0.596. The van der Waals surface area contributed by atoms with Gasteiger partial charge in [0.2, 0.25) is 0 Å². The van der Waals surface area contributed by atoms with E-state index in [0.29, 0.717) is 4.75 Å². The van der Waals surface area contributed by atoms with Crippen LogP contribution in [-0.4, -0.2) is 10.00 Å². The van der Waals surface area contributed by atoms with Crippen molar-refractivity contribution in [1.29, 1.82) is 0 Å². The first-order valence-corrected chi connectivity index (χ1v) is 6.92. The quantitative estimate of drug-likeness (QED) is 0.617. The number of hydrogen-bond donors (Lipinski definition) is 0. The van der Waals surface area contributed by atoms with E-state index in [1.165, 1.54) is 6.42 Å². The molecule has 0 aliphatic rings. The third-order valence-corrected chi connectivity index (χ3v) is 5.82. The Morgan fingerprint density at radius 2 is 1.67 bits per heavy atom. The van der Waals surface area contributed by atoms with Gasteiger partial charge in [-0.2, -0.15) is 0 Å². The molecule has 0 fully saturated rings. The zero-order valence-electron chi connectivity index (χ0n) is 9.18. The van der Waals surface area contributed by atoms with Crippen molar-refractivity contribution < 1.29 is 0 Å². The van der Waals surface area contributed by atoms with Crippen LogP contribution in [-0.2, 0) is 0 Å². The van der Waals surface area contributed by atoms with Crippen LogP contribution in [0.4, 0.5) is 0 Å². The summed E-state index contributed by atoms with van der Waals surface area (Å²) >= 11 is 0. The fraction of sp³-hybridized carbons (Fsp3) is 1.00. The highest BCUT2D eigenvalue weighted by Crippen LogP contribution is 2.41. The molecule has 0 heterocycles. The molecule has 1 atom stereocenters. The Bertz CT molecular complexity index is 113. The Balaban J connectivity index is 3.73. The van der Waals surface area contributed by atoms with Crippen molar-refractivity contribution in [2.45, 2.75) is 58.0 Å². The second-order valence-corrected chi connectivity index (χ2v) is 7.75. The Hall–Kier alpha value is 0.700. The Labute approximate surface area is 85.7 Å². The lowest BCUT2D eigenvalue weighted by atomic mass is 10.1. The van der Waals surface area contributed by atoms with E-state index in [1.54, 1.807) is 0 Å². The van der Waals surface area contributed by atoms with Crippen LogP contribution in [0.25, 0.3) is 0 Å². The zero-order chi connectivity index (χ0) is 9.78. The van der Waals surface area contributed by atoms with E-state index >= 15 is 0 Å². The van der Waals surface area contributed by atoms with Gasteiger partial charge in [-0.05, 0) is 12.3 Å². The monoisotopic (exact) mass is 206 g/mol. The van der Waals surface area contributed by atoms with E-state index in [2.05, 4.69) is 52.3 Å². The maximum atomic E-state index is 2.31. The minimum Gasteiger partial charge on any atom is -0.0899 e. The first-order chi connectivity index (χ1) is 5.37. The molecule has 0 spiro atoms. The van der Waals surface area contributed by atoms with E-state index in [1.807, 2.05) is 10.8 Å². The zero-order valence-corrected chi connectivity index (χ0v) is 10.8. The van der Waals surface area contributed by atoms with Gasteiger partial charge in [-0.15, -0.1) is 0 Å². The molecule has 0 saturated heterocycles. The van der Waals surface area contributed by atoms with Gasteiger partial charge in [-0.1, -0.05) is 63.1 Å². The summed E-state index contributed by atoms with van der Waals surface area (Å²) in [6, 6.07) is 0. The van der Waals surface area contributed by atoms with Crippen molar-refractivity contribution in [3.8, 4) is 0 Å². The average molecular weight is 206 g/mol. The summed E-state index contributed by atoms with van der Waals surface area (Å²) in [7, 11) is 4.06. The van der Waals surface area contributed by atoms with Crippen molar-refractivity contribution in [3.63, 3.8) is 0 Å². The average Bonchev–Trinajstić information content (AvgIpc) is 1.85. The van der Waals surface area contributed by atoms with E-state index in [9.17, 15) is 0 Å². The van der Waals surface area contributed by atoms with Gasteiger partial charge >= 0.3 is 0 Å². The number of rotatable bonds is 4. The van der Waals surface area contributed by atoms with E-state index < -0.39 is 0 Å². The molecule has 0 saturated carbocycles. The van der Waals surface area contributed by atoms with Gasteiger partial charge in [-0.3, -0.25) is 0 Å². The molecule has 0 N–H and O–H groups in total. The maximum Gasteiger partial charge on any atom is 0.0179 e. The van der Waals surface area contributed by atoms with Crippen molar-refractivity contribution in [3.05, 3.63) is 0 Å². The molecule has 0 amide bonds. The Morgan fingerprint density at radius 1 is 1.17 bits per heavy atom. The van der Waals surface area contributed by atoms with Crippen LogP contribution in [0.5, 0.6) is 0 Å². The standard InChI is InChI=1S/C10H22S2/c1-7-9(8(2)3)11-12-10(4,5)6/h8-9H,7H2,1-6H3. The first-order valence-electron chi connectivity index (χ1n) is 4.71. The summed E-state index contributed by atoms with van der Waals surface area (Å²) in [6.45, 7) is 13.7. The molecule has 12 heavy (non-hydrogen) atoms. The molecular weight excluding hydrogens is 184 g/mol. The van der Waals surface area contributed by atoms with Gasteiger partial charge in [0.1, 0.15) is 0 Å². The lowest BCUT2D eigenvalue weighted by Crippen LogP contribution is -2.12. The second kappa shape index (κ2) is 5.43. The SMILES string of the molecule is CCC(SSC(C)(C)C)C(C)C. The van der Waals surface area contributed by atoms with Gasteiger partial charge in [0, 0.05) is 10.00 Å². The summed E-state index contributed by atoms with van der Waals surface area (Å²) < 4.78 is 0.396. The molecule has 0 radical (unpaired) electrons. The minimum atomic E-state index is 0.396. The predicted molar refractivity (Wildman–Crippen MR) is 63.9 cm³/mol. The van der Waals surface area contributed by atoms with Crippen molar-refractivity contribution >= 4 is 21.6 Å². The van der Waals surface area contributed by atoms with Crippen LogP contribution < -0.4 is 0 Å². The fourth-order valence-electron chi connectivity index (χ4n) is 0.857. The van der Waals surface area contributed by atoms with Crippen molar-refractivity contribution in [2.24, 2.45) is 5.92 Å². The molecule has 0 rings (SSSR count). The van der Waals surface area contributed by atoms with Gasteiger partial charge in [0.25, 0.3) is 0 Å². The van der Waals surface area contributed by atoms with E-state index in [-0.39, 0.29) is 0 Å².